The molecule has 0 saturated carbocycles. The third-order valence-electron chi connectivity index (χ3n) is 3.09. The van der Waals surface area contributed by atoms with Gasteiger partial charge in [-0.25, -0.2) is 4.39 Å². The molecular weight excluding hydrogens is 243 g/mol. The van der Waals surface area contributed by atoms with Gasteiger partial charge in [-0.1, -0.05) is 25.5 Å². The monoisotopic (exact) mass is 266 g/mol. The van der Waals surface area contributed by atoms with Crippen LogP contribution in [0.3, 0.4) is 0 Å². The summed E-state index contributed by atoms with van der Waals surface area (Å²) >= 11 is 0. The molecule has 0 spiro atoms. The number of benzene rings is 1. The maximum absolute atomic E-state index is 12.8. The number of carbonyl (C=O) groups is 1. The number of amides is 1. The van der Waals surface area contributed by atoms with E-state index in [9.17, 15) is 9.18 Å². The standard InChI is InChI=1S/C15H23FN2O/c1-4-5-10-17-15(19)12(3)18-11(2)13-6-8-14(16)9-7-13/h6-9,11-12,18H,4-5,10H2,1-3H3,(H,17,19)/t11-,12?/m1/s1. The minimum absolute atomic E-state index is 0.00223. The van der Waals surface area contributed by atoms with Crippen molar-refractivity contribution in [1.82, 2.24) is 10.6 Å². The summed E-state index contributed by atoms with van der Waals surface area (Å²) < 4.78 is 12.8. The Labute approximate surface area is 114 Å². The lowest BCUT2D eigenvalue weighted by Gasteiger charge is -2.20. The van der Waals surface area contributed by atoms with E-state index in [1.165, 1.54) is 12.1 Å². The summed E-state index contributed by atoms with van der Waals surface area (Å²) in [5.74, 6) is -0.247. The van der Waals surface area contributed by atoms with E-state index in [4.69, 9.17) is 0 Å². The van der Waals surface area contributed by atoms with Gasteiger partial charge in [-0.2, -0.15) is 0 Å². The fourth-order valence-corrected chi connectivity index (χ4v) is 1.84. The second-order valence-electron chi connectivity index (χ2n) is 4.81. The minimum Gasteiger partial charge on any atom is -0.355 e. The van der Waals surface area contributed by atoms with Crippen LogP contribution < -0.4 is 10.6 Å². The summed E-state index contributed by atoms with van der Waals surface area (Å²) in [5.41, 5.74) is 0.967. The first-order valence-electron chi connectivity index (χ1n) is 6.83. The van der Waals surface area contributed by atoms with Gasteiger partial charge in [0, 0.05) is 12.6 Å². The first-order valence-corrected chi connectivity index (χ1v) is 6.83. The number of rotatable bonds is 7. The fraction of sp³-hybridized carbons (Fsp3) is 0.533. The maximum Gasteiger partial charge on any atom is 0.236 e. The van der Waals surface area contributed by atoms with Crippen molar-refractivity contribution in [2.24, 2.45) is 0 Å². The van der Waals surface area contributed by atoms with Crippen LogP contribution in [0.4, 0.5) is 4.39 Å². The van der Waals surface area contributed by atoms with Crippen molar-refractivity contribution in [3.63, 3.8) is 0 Å². The van der Waals surface area contributed by atoms with Crippen molar-refractivity contribution in [3.8, 4) is 0 Å². The lowest BCUT2D eigenvalue weighted by molar-refractivity contribution is -0.122. The second-order valence-corrected chi connectivity index (χ2v) is 4.81. The quantitative estimate of drug-likeness (QED) is 0.745. The van der Waals surface area contributed by atoms with E-state index in [0.717, 1.165) is 18.4 Å². The summed E-state index contributed by atoms with van der Waals surface area (Å²) in [6.45, 7) is 6.60. The van der Waals surface area contributed by atoms with Crippen LogP contribution in [-0.4, -0.2) is 18.5 Å². The Balaban J connectivity index is 2.44. The number of carbonyl (C=O) groups excluding carboxylic acids is 1. The molecule has 3 nitrogen and oxygen atoms in total. The van der Waals surface area contributed by atoms with E-state index in [2.05, 4.69) is 17.6 Å². The predicted octanol–water partition coefficient (Wildman–Crippen LogP) is 2.78. The summed E-state index contributed by atoms with van der Waals surface area (Å²) in [6, 6.07) is 6.06. The van der Waals surface area contributed by atoms with Crippen LogP contribution in [0.5, 0.6) is 0 Å². The van der Waals surface area contributed by atoms with Crippen molar-refractivity contribution < 1.29 is 9.18 Å². The Hall–Kier alpha value is -1.42. The molecule has 0 heterocycles. The highest BCUT2D eigenvalue weighted by Crippen LogP contribution is 2.13. The van der Waals surface area contributed by atoms with Crippen LogP contribution >= 0.6 is 0 Å². The zero-order valence-electron chi connectivity index (χ0n) is 11.9. The van der Waals surface area contributed by atoms with Gasteiger partial charge in [-0.3, -0.25) is 10.1 Å². The van der Waals surface area contributed by atoms with E-state index in [1.807, 2.05) is 13.8 Å². The summed E-state index contributed by atoms with van der Waals surface area (Å²) in [4.78, 5) is 11.8. The summed E-state index contributed by atoms with van der Waals surface area (Å²) in [5, 5.41) is 6.10. The van der Waals surface area contributed by atoms with Gasteiger partial charge < -0.3 is 5.32 Å². The van der Waals surface area contributed by atoms with Gasteiger partial charge in [0.05, 0.1) is 6.04 Å². The van der Waals surface area contributed by atoms with E-state index < -0.39 is 0 Å². The smallest absolute Gasteiger partial charge is 0.236 e. The zero-order chi connectivity index (χ0) is 14.3. The molecule has 0 aliphatic carbocycles. The molecule has 19 heavy (non-hydrogen) atoms. The van der Waals surface area contributed by atoms with Crippen LogP contribution in [0.2, 0.25) is 0 Å². The molecular formula is C15H23FN2O. The van der Waals surface area contributed by atoms with E-state index in [0.29, 0.717) is 6.54 Å². The molecule has 4 heteroatoms. The minimum atomic E-state index is -0.267. The molecule has 0 radical (unpaired) electrons. The lowest BCUT2D eigenvalue weighted by atomic mass is 10.1. The Bertz CT molecular complexity index is 392. The lowest BCUT2D eigenvalue weighted by Crippen LogP contribution is -2.43. The summed E-state index contributed by atoms with van der Waals surface area (Å²) in [6.07, 6.45) is 2.06. The van der Waals surface area contributed by atoms with Gasteiger partial charge in [0.1, 0.15) is 5.82 Å². The van der Waals surface area contributed by atoms with E-state index >= 15 is 0 Å². The number of hydrogen-bond acceptors (Lipinski definition) is 2. The molecule has 1 aromatic carbocycles. The van der Waals surface area contributed by atoms with Gasteiger partial charge in [0.15, 0.2) is 0 Å². The van der Waals surface area contributed by atoms with Crippen molar-refractivity contribution in [1.29, 1.82) is 0 Å². The molecule has 0 aliphatic rings. The normalized spacial score (nSPS) is 13.9. The van der Waals surface area contributed by atoms with E-state index in [-0.39, 0.29) is 23.8 Å². The molecule has 1 aromatic rings. The highest BCUT2D eigenvalue weighted by molar-refractivity contribution is 5.81. The van der Waals surface area contributed by atoms with Gasteiger partial charge in [0.25, 0.3) is 0 Å². The Morgan fingerprint density at radius 2 is 1.89 bits per heavy atom. The highest BCUT2D eigenvalue weighted by Gasteiger charge is 2.15. The molecule has 1 rings (SSSR count). The molecule has 1 amide bonds. The van der Waals surface area contributed by atoms with Gasteiger partial charge in [0.2, 0.25) is 5.91 Å². The fourth-order valence-electron chi connectivity index (χ4n) is 1.84. The van der Waals surface area contributed by atoms with Crippen molar-refractivity contribution in [2.75, 3.05) is 6.54 Å². The third kappa shape index (κ3) is 5.39. The van der Waals surface area contributed by atoms with Crippen molar-refractivity contribution >= 4 is 5.91 Å². The molecule has 0 bridgehead atoms. The van der Waals surface area contributed by atoms with E-state index in [1.54, 1.807) is 12.1 Å². The molecule has 2 atom stereocenters. The van der Waals surface area contributed by atoms with Gasteiger partial charge in [-0.05, 0) is 38.0 Å². The second kappa shape index (κ2) is 7.89. The Kier molecular flexibility index (Phi) is 6.50. The Morgan fingerprint density at radius 1 is 1.26 bits per heavy atom. The molecule has 1 unspecified atom stereocenters. The number of halogens is 1. The first-order chi connectivity index (χ1) is 9.04. The third-order valence-corrected chi connectivity index (χ3v) is 3.09. The average Bonchev–Trinajstić information content (AvgIpc) is 2.39. The SMILES string of the molecule is CCCCNC(=O)C(C)N[C@H](C)c1ccc(F)cc1. The molecule has 0 aliphatic heterocycles. The first kappa shape index (κ1) is 15.6. The molecule has 2 N–H and O–H groups in total. The maximum atomic E-state index is 12.8. The van der Waals surface area contributed by atoms with Crippen LogP contribution in [-0.2, 0) is 4.79 Å². The Morgan fingerprint density at radius 3 is 2.47 bits per heavy atom. The largest absolute Gasteiger partial charge is 0.355 e. The molecule has 0 aromatic heterocycles. The van der Waals surface area contributed by atoms with Crippen LogP contribution in [0, 0.1) is 5.82 Å². The zero-order valence-corrected chi connectivity index (χ0v) is 11.9. The van der Waals surface area contributed by atoms with Crippen molar-refractivity contribution in [2.45, 2.75) is 45.7 Å². The van der Waals surface area contributed by atoms with Crippen LogP contribution in [0.15, 0.2) is 24.3 Å². The highest BCUT2D eigenvalue weighted by atomic mass is 19.1. The van der Waals surface area contributed by atoms with Gasteiger partial charge in [-0.15, -0.1) is 0 Å². The van der Waals surface area contributed by atoms with Crippen LogP contribution in [0.25, 0.3) is 0 Å². The number of unbranched alkanes of at least 4 members (excludes halogenated alkanes) is 1. The molecule has 106 valence electrons. The molecule has 0 saturated heterocycles. The average molecular weight is 266 g/mol. The van der Waals surface area contributed by atoms with Crippen LogP contribution in [0.1, 0.15) is 45.2 Å². The van der Waals surface area contributed by atoms with Crippen molar-refractivity contribution in [3.05, 3.63) is 35.6 Å². The number of nitrogens with one attached hydrogen (secondary N) is 2. The molecule has 0 fully saturated rings. The topological polar surface area (TPSA) is 41.1 Å². The predicted molar refractivity (Wildman–Crippen MR) is 75.3 cm³/mol. The van der Waals surface area contributed by atoms with Gasteiger partial charge >= 0.3 is 0 Å². The number of hydrogen-bond donors (Lipinski definition) is 2. The summed E-state index contributed by atoms with van der Waals surface area (Å²) in [7, 11) is 0.